The second-order valence-electron chi connectivity index (χ2n) is 4.77. The monoisotopic (exact) mass is 354 g/mol. The SMILES string of the molecule is CCc1ccc(C(Cl)c2ccc(Br)c(F)c2)cc1CC. The molecule has 0 fully saturated rings. The first-order valence-corrected chi connectivity index (χ1v) is 8.00. The van der Waals surface area contributed by atoms with E-state index in [9.17, 15) is 4.39 Å². The van der Waals surface area contributed by atoms with E-state index in [1.165, 1.54) is 17.2 Å². The van der Waals surface area contributed by atoms with Crippen LogP contribution in [0, 0.1) is 5.82 Å². The summed E-state index contributed by atoms with van der Waals surface area (Å²) < 4.78 is 14.1. The largest absolute Gasteiger partial charge is 0.206 e. The number of aryl methyl sites for hydroxylation is 2. The van der Waals surface area contributed by atoms with E-state index in [0.29, 0.717) is 4.47 Å². The highest BCUT2D eigenvalue weighted by atomic mass is 79.9. The van der Waals surface area contributed by atoms with E-state index in [0.717, 1.165) is 24.0 Å². The van der Waals surface area contributed by atoms with Crippen molar-refractivity contribution in [1.29, 1.82) is 0 Å². The lowest BCUT2D eigenvalue weighted by atomic mass is 9.96. The van der Waals surface area contributed by atoms with E-state index in [4.69, 9.17) is 11.6 Å². The summed E-state index contributed by atoms with van der Waals surface area (Å²) in [6.45, 7) is 4.29. The molecule has 0 nitrogen and oxygen atoms in total. The van der Waals surface area contributed by atoms with Crippen molar-refractivity contribution in [1.82, 2.24) is 0 Å². The summed E-state index contributed by atoms with van der Waals surface area (Å²) in [5.41, 5.74) is 4.46. The standard InChI is InChI=1S/C17H17BrClF/c1-3-11-5-6-13(9-12(11)4-2)17(19)14-7-8-15(18)16(20)10-14/h5-10,17H,3-4H2,1-2H3. The van der Waals surface area contributed by atoms with Crippen LogP contribution in [-0.4, -0.2) is 0 Å². The van der Waals surface area contributed by atoms with Gasteiger partial charge in [0.1, 0.15) is 5.82 Å². The van der Waals surface area contributed by atoms with Crippen molar-refractivity contribution in [2.24, 2.45) is 0 Å². The third-order valence-electron chi connectivity index (χ3n) is 3.52. The normalized spacial score (nSPS) is 12.4. The highest BCUT2D eigenvalue weighted by molar-refractivity contribution is 9.10. The third-order valence-corrected chi connectivity index (χ3v) is 4.67. The van der Waals surface area contributed by atoms with Gasteiger partial charge in [-0.3, -0.25) is 0 Å². The summed E-state index contributed by atoms with van der Waals surface area (Å²) in [7, 11) is 0. The van der Waals surface area contributed by atoms with Crippen LogP contribution in [0.25, 0.3) is 0 Å². The molecule has 3 heteroatoms. The number of rotatable bonds is 4. The molecule has 0 bridgehead atoms. The van der Waals surface area contributed by atoms with Crippen LogP contribution in [0.2, 0.25) is 0 Å². The average molecular weight is 356 g/mol. The number of hydrogen-bond acceptors (Lipinski definition) is 0. The minimum Gasteiger partial charge on any atom is -0.206 e. The molecular weight excluding hydrogens is 339 g/mol. The molecule has 2 aromatic carbocycles. The first kappa shape index (κ1) is 15.5. The maximum atomic E-state index is 13.6. The molecule has 0 saturated carbocycles. The minimum atomic E-state index is -0.325. The summed E-state index contributed by atoms with van der Waals surface area (Å²) in [5, 5.41) is -0.325. The molecule has 1 unspecified atom stereocenters. The minimum absolute atomic E-state index is 0.283. The molecule has 0 heterocycles. The summed E-state index contributed by atoms with van der Waals surface area (Å²) in [4.78, 5) is 0. The van der Waals surface area contributed by atoms with Crippen molar-refractivity contribution < 1.29 is 4.39 Å². The second-order valence-corrected chi connectivity index (χ2v) is 6.06. The molecule has 106 valence electrons. The van der Waals surface area contributed by atoms with Crippen LogP contribution in [0.4, 0.5) is 4.39 Å². The van der Waals surface area contributed by atoms with Gasteiger partial charge >= 0.3 is 0 Å². The summed E-state index contributed by atoms with van der Waals surface area (Å²) in [6.07, 6.45) is 2.00. The van der Waals surface area contributed by atoms with E-state index < -0.39 is 0 Å². The van der Waals surface area contributed by atoms with Crippen LogP contribution in [0.5, 0.6) is 0 Å². The lowest BCUT2D eigenvalue weighted by molar-refractivity contribution is 0.619. The fraction of sp³-hybridized carbons (Fsp3) is 0.294. The fourth-order valence-corrected chi connectivity index (χ4v) is 2.86. The molecule has 0 saturated heterocycles. The summed E-state index contributed by atoms with van der Waals surface area (Å²) >= 11 is 9.66. The number of alkyl halides is 1. The van der Waals surface area contributed by atoms with Gasteiger partial charge in [-0.25, -0.2) is 4.39 Å². The van der Waals surface area contributed by atoms with Gasteiger partial charge in [-0.1, -0.05) is 38.1 Å². The molecule has 1 atom stereocenters. The highest BCUT2D eigenvalue weighted by Crippen LogP contribution is 2.32. The highest BCUT2D eigenvalue weighted by Gasteiger charge is 2.14. The molecule has 2 aromatic rings. The maximum Gasteiger partial charge on any atom is 0.137 e. The average Bonchev–Trinajstić information content (AvgIpc) is 2.48. The molecule has 0 spiro atoms. The van der Waals surface area contributed by atoms with Gasteiger partial charge in [0.2, 0.25) is 0 Å². The third kappa shape index (κ3) is 3.24. The quantitative estimate of drug-likeness (QED) is 0.586. The number of benzene rings is 2. The second kappa shape index (κ2) is 6.73. The molecule has 0 radical (unpaired) electrons. The Morgan fingerprint density at radius 2 is 1.60 bits per heavy atom. The van der Waals surface area contributed by atoms with Gasteiger partial charge in [0.15, 0.2) is 0 Å². The first-order valence-electron chi connectivity index (χ1n) is 6.77. The first-order chi connectivity index (χ1) is 9.56. The summed E-state index contributed by atoms with van der Waals surface area (Å²) in [5.74, 6) is -0.283. The van der Waals surface area contributed by atoms with Gasteiger partial charge in [-0.05, 0) is 63.2 Å². The maximum absolute atomic E-state index is 13.6. The van der Waals surface area contributed by atoms with Gasteiger partial charge in [0.25, 0.3) is 0 Å². The zero-order valence-corrected chi connectivity index (χ0v) is 13.9. The molecule has 0 aliphatic heterocycles. The Bertz CT molecular complexity index is 610. The zero-order valence-electron chi connectivity index (χ0n) is 11.6. The van der Waals surface area contributed by atoms with E-state index in [-0.39, 0.29) is 11.2 Å². The van der Waals surface area contributed by atoms with Crippen LogP contribution in [0.1, 0.15) is 41.5 Å². The Balaban J connectivity index is 2.37. The lowest BCUT2D eigenvalue weighted by Gasteiger charge is -2.14. The van der Waals surface area contributed by atoms with E-state index >= 15 is 0 Å². The molecule has 0 amide bonds. The van der Waals surface area contributed by atoms with E-state index in [1.807, 2.05) is 12.1 Å². The zero-order chi connectivity index (χ0) is 14.7. The van der Waals surface area contributed by atoms with Gasteiger partial charge < -0.3 is 0 Å². The molecule has 0 N–H and O–H groups in total. The smallest absolute Gasteiger partial charge is 0.137 e. The van der Waals surface area contributed by atoms with Crippen LogP contribution < -0.4 is 0 Å². The Morgan fingerprint density at radius 1 is 1.00 bits per heavy atom. The van der Waals surface area contributed by atoms with Crippen LogP contribution >= 0.6 is 27.5 Å². The Labute approximate surface area is 133 Å². The van der Waals surface area contributed by atoms with Gasteiger partial charge in [0.05, 0.1) is 9.85 Å². The van der Waals surface area contributed by atoms with Crippen LogP contribution in [0.3, 0.4) is 0 Å². The molecule has 0 aliphatic carbocycles. The molecule has 2 rings (SSSR count). The van der Waals surface area contributed by atoms with Crippen LogP contribution in [0.15, 0.2) is 40.9 Å². The predicted molar refractivity (Wildman–Crippen MR) is 87.0 cm³/mol. The van der Waals surface area contributed by atoms with E-state index in [1.54, 1.807) is 6.07 Å². The predicted octanol–water partition coefficient (Wildman–Crippen LogP) is 6.04. The van der Waals surface area contributed by atoms with Crippen molar-refractivity contribution in [3.8, 4) is 0 Å². The van der Waals surface area contributed by atoms with Gasteiger partial charge in [0, 0.05) is 0 Å². The molecular formula is C17H17BrClF. The summed E-state index contributed by atoms with van der Waals surface area (Å²) in [6, 6.07) is 11.3. The lowest BCUT2D eigenvalue weighted by Crippen LogP contribution is -1.98. The van der Waals surface area contributed by atoms with Crippen molar-refractivity contribution in [2.75, 3.05) is 0 Å². The Morgan fingerprint density at radius 3 is 2.20 bits per heavy atom. The van der Waals surface area contributed by atoms with Crippen molar-refractivity contribution >= 4 is 27.5 Å². The molecule has 0 aliphatic rings. The molecule has 0 aromatic heterocycles. The number of halogens is 3. The topological polar surface area (TPSA) is 0 Å². The van der Waals surface area contributed by atoms with E-state index in [2.05, 4.69) is 41.9 Å². The van der Waals surface area contributed by atoms with Gasteiger partial charge in [-0.15, -0.1) is 11.6 Å². The van der Waals surface area contributed by atoms with Crippen molar-refractivity contribution in [3.63, 3.8) is 0 Å². The number of hydrogen-bond donors (Lipinski definition) is 0. The van der Waals surface area contributed by atoms with Gasteiger partial charge in [-0.2, -0.15) is 0 Å². The Kier molecular flexibility index (Phi) is 5.22. The molecule has 20 heavy (non-hydrogen) atoms. The van der Waals surface area contributed by atoms with Crippen molar-refractivity contribution in [2.45, 2.75) is 32.1 Å². The van der Waals surface area contributed by atoms with Crippen LogP contribution in [-0.2, 0) is 12.8 Å². The fourth-order valence-electron chi connectivity index (χ4n) is 2.34. The van der Waals surface area contributed by atoms with Crippen molar-refractivity contribution in [3.05, 3.63) is 68.9 Å². The Hall–Kier alpha value is -0.860.